The van der Waals surface area contributed by atoms with Gasteiger partial charge in [-0.15, -0.1) is 0 Å². The fourth-order valence-corrected chi connectivity index (χ4v) is 2.21. The Morgan fingerprint density at radius 2 is 2.55 bits per heavy atom. The molecule has 1 amide bonds. The molecule has 0 bridgehead atoms. The second-order valence-electron chi connectivity index (χ2n) is 4.74. The summed E-state index contributed by atoms with van der Waals surface area (Å²) in [7, 11) is 0. The van der Waals surface area contributed by atoms with E-state index in [0.717, 1.165) is 19.4 Å². The molecule has 1 aromatic heterocycles. The molecule has 0 saturated carbocycles. The van der Waals surface area contributed by atoms with E-state index in [0.29, 0.717) is 11.1 Å². The Bertz CT molecular complexity index is 527. The van der Waals surface area contributed by atoms with Gasteiger partial charge in [0.15, 0.2) is 0 Å². The zero-order chi connectivity index (χ0) is 14.4. The lowest BCUT2D eigenvalue weighted by molar-refractivity contribution is 0.0712. The van der Waals surface area contributed by atoms with Gasteiger partial charge in [0.1, 0.15) is 0 Å². The van der Waals surface area contributed by atoms with Gasteiger partial charge in [0.25, 0.3) is 5.91 Å². The molecule has 2 unspecified atom stereocenters. The van der Waals surface area contributed by atoms with E-state index < -0.39 is 0 Å². The van der Waals surface area contributed by atoms with Gasteiger partial charge in [-0.1, -0.05) is 11.8 Å². The van der Waals surface area contributed by atoms with Gasteiger partial charge in [0.2, 0.25) is 0 Å². The summed E-state index contributed by atoms with van der Waals surface area (Å²) in [6, 6.07) is 1.64. The maximum Gasteiger partial charge on any atom is 0.252 e. The van der Waals surface area contributed by atoms with E-state index in [4.69, 9.17) is 10.5 Å². The van der Waals surface area contributed by atoms with Crippen molar-refractivity contribution in [3.05, 3.63) is 29.6 Å². The standard InChI is InChI=1S/C15H19N3O2/c1-11(14-5-3-9-20-14)18-15(19)13-6-8-17-10-12(13)4-2-7-16/h6,8,10-11,14H,3,5,7,9,16H2,1H3,(H,18,19). The van der Waals surface area contributed by atoms with Crippen molar-refractivity contribution in [1.29, 1.82) is 0 Å². The molecule has 1 aromatic rings. The fraction of sp³-hybridized carbons (Fsp3) is 0.467. The monoisotopic (exact) mass is 273 g/mol. The van der Waals surface area contributed by atoms with Crippen LogP contribution in [0.4, 0.5) is 0 Å². The van der Waals surface area contributed by atoms with Crippen LogP contribution in [0.15, 0.2) is 18.5 Å². The highest BCUT2D eigenvalue weighted by Gasteiger charge is 2.24. The molecule has 106 valence electrons. The number of nitrogens with two attached hydrogens (primary N) is 1. The number of ether oxygens (including phenoxy) is 1. The quantitative estimate of drug-likeness (QED) is 0.794. The fourth-order valence-electron chi connectivity index (χ4n) is 2.21. The number of hydrogen-bond donors (Lipinski definition) is 2. The maximum absolute atomic E-state index is 12.3. The van der Waals surface area contributed by atoms with E-state index in [2.05, 4.69) is 22.1 Å². The van der Waals surface area contributed by atoms with Crippen LogP contribution in [0, 0.1) is 11.8 Å². The summed E-state index contributed by atoms with van der Waals surface area (Å²) in [5.74, 6) is 5.45. The van der Waals surface area contributed by atoms with Gasteiger partial charge in [-0.3, -0.25) is 9.78 Å². The average molecular weight is 273 g/mol. The first-order chi connectivity index (χ1) is 9.72. The summed E-state index contributed by atoms with van der Waals surface area (Å²) >= 11 is 0. The van der Waals surface area contributed by atoms with Crippen molar-refractivity contribution in [1.82, 2.24) is 10.3 Å². The van der Waals surface area contributed by atoms with Gasteiger partial charge >= 0.3 is 0 Å². The minimum atomic E-state index is -0.156. The van der Waals surface area contributed by atoms with Crippen LogP contribution in [0.3, 0.4) is 0 Å². The molecular weight excluding hydrogens is 254 g/mol. The van der Waals surface area contributed by atoms with Crippen LogP contribution in [0.25, 0.3) is 0 Å². The number of nitrogens with one attached hydrogen (secondary N) is 1. The number of aromatic nitrogens is 1. The molecule has 5 heteroatoms. The van der Waals surface area contributed by atoms with Crippen molar-refractivity contribution >= 4 is 5.91 Å². The number of amides is 1. The third kappa shape index (κ3) is 3.56. The van der Waals surface area contributed by atoms with Crippen LogP contribution in [0.5, 0.6) is 0 Å². The van der Waals surface area contributed by atoms with Gasteiger partial charge in [-0.2, -0.15) is 0 Å². The minimum absolute atomic E-state index is 0.0199. The third-order valence-electron chi connectivity index (χ3n) is 3.27. The van der Waals surface area contributed by atoms with Crippen LogP contribution in [0.1, 0.15) is 35.7 Å². The minimum Gasteiger partial charge on any atom is -0.376 e. The van der Waals surface area contributed by atoms with E-state index in [1.165, 1.54) is 0 Å². The van der Waals surface area contributed by atoms with Crippen molar-refractivity contribution in [2.75, 3.05) is 13.2 Å². The van der Waals surface area contributed by atoms with Crippen LogP contribution in [-0.4, -0.2) is 36.2 Å². The summed E-state index contributed by atoms with van der Waals surface area (Å²) < 4.78 is 5.58. The second-order valence-corrected chi connectivity index (χ2v) is 4.74. The van der Waals surface area contributed by atoms with E-state index >= 15 is 0 Å². The first kappa shape index (κ1) is 14.5. The smallest absolute Gasteiger partial charge is 0.252 e. The predicted molar refractivity (Wildman–Crippen MR) is 76.1 cm³/mol. The molecule has 20 heavy (non-hydrogen) atoms. The topological polar surface area (TPSA) is 77.2 Å². The average Bonchev–Trinajstić information content (AvgIpc) is 2.99. The first-order valence-electron chi connectivity index (χ1n) is 6.77. The van der Waals surface area contributed by atoms with Crippen molar-refractivity contribution in [3.63, 3.8) is 0 Å². The Labute approximate surface area is 118 Å². The van der Waals surface area contributed by atoms with Crippen molar-refractivity contribution < 1.29 is 9.53 Å². The van der Waals surface area contributed by atoms with Crippen LogP contribution in [0.2, 0.25) is 0 Å². The molecule has 1 saturated heterocycles. The second kappa shape index (κ2) is 7.04. The SMILES string of the molecule is CC(NC(=O)c1ccncc1C#CCN)C1CCCO1. The molecule has 2 rings (SSSR count). The molecule has 1 aliphatic heterocycles. The lowest BCUT2D eigenvalue weighted by Crippen LogP contribution is -2.41. The van der Waals surface area contributed by atoms with Gasteiger partial charge < -0.3 is 15.8 Å². The molecule has 0 aliphatic carbocycles. The summed E-state index contributed by atoms with van der Waals surface area (Å²) in [5, 5.41) is 2.96. The molecule has 3 N–H and O–H groups in total. The van der Waals surface area contributed by atoms with Gasteiger partial charge in [-0.25, -0.2) is 0 Å². The number of carbonyl (C=O) groups excluding carboxylic acids is 1. The Hall–Kier alpha value is -1.90. The molecule has 1 fully saturated rings. The third-order valence-corrected chi connectivity index (χ3v) is 3.27. The number of carbonyl (C=O) groups is 1. The molecule has 0 aromatic carbocycles. The summed E-state index contributed by atoms with van der Waals surface area (Å²) in [6.45, 7) is 2.98. The molecular formula is C15H19N3O2. The number of nitrogens with zero attached hydrogens (tertiary/aromatic N) is 1. The highest BCUT2D eigenvalue weighted by molar-refractivity contribution is 5.96. The summed E-state index contributed by atoms with van der Waals surface area (Å²) in [5.41, 5.74) is 6.47. The Kier molecular flexibility index (Phi) is 5.10. The lowest BCUT2D eigenvalue weighted by atomic mass is 10.1. The zero-order valence-electron chi connectivity index (χ0n) is 11.6. The molecule has 2 heterocycles. The normalized spacial score (nSPS) is 19.0. The molecule has 2 atom stereocenters. The van der Waals surface area contributed by atoms with E-state index in [1.807, 2.05) is 6.92 Å². The molecule has 5 nitrogen and oxygen atoms in total. The molecule has 1 aliphatic rings. The highest BCUT2D eigenvalue weighted by Crippen LogP contribution is 2.16. The van der Waals surface area contributed by atoms with Gasteiger partial charge in [0, 0.05) is 19.0 Å². The number of hydrogen-bond acceptors (Lipinski definition) is 4. The predicted octanol–water partition coefficient (Wildman–Crippen LogP) is 0.689. The van der Waals surface area contributed by atoms with E-state index in [1.54, 1.807) is 18.5 Å². The Morgan fingerprint density at radius 1 is 1.70 bits per heavy atom. The van der Waals surface area contributed by atoms with Gasteiger partial charge in [0.05, 0.1) is 29.8 Å². The lowest BCUT2D eigenvalue weighted by Gasteiger charge is -2.20. The zero-order valence-corrected chi connectivity index (χ0v) is 11.6. The maximum atomic E-state index is 12.3. The highest BCUT2D eigenvalue weighted by atomic mass is 16.5. The van der Waals surface area contributed by atoms with Crippen LogP contribution in [-0.2, 0) is 4.74 Å². The Morgan fingerprint density at radius 3 is 3.25 bits per heavy atom. The van der Waals surface area contributed by atoms with Gasteiger partial charge in [-0.05, 0) is 25.8 Å². The number of pyridine rings is 1. The first-order valence-corrected chi connectivity index (χ1v) is 6.77. The van der Waals surface area contributed by atoms with E-state index in [9.17, 15) is 4.79 Å². The van der Waals surface area contributed by atoms with Crippen molar-refractivity contribution in [2.45, 2.75) is 31.9 Å². The number of rotatable bonds is 3. The van der Waals surface area contributed by atoms with Crippen molar-refractivity contribution in [2.24, 2.45) is 5.73 Å². The Balaban J connectivity index is 2.08. The summed E-state index contributed by atoms with van der Waals surface area (Å²) in [6.07, 6.45) is 5.29. The van der Waals surface area contributed by atoms with Crippen LogP contribution >= 0.6 is 0 Å². The molecule has 0 spiro atoms. The van der Waals surface area contributed by atoms with Crippen LogP contribution < -0.4 is 11.1 Å². The summed E-state index contributed by atoms with van der Waals surface area (Å²) in [4.78, 5) is 16.3. The van der Waals surface area contributed by atoms with Crippen molar-refractivity contribution in [3.8, 4) is 11.8 Å². The molecule has 0 radical (unpaired) electrons. The largest absolute Gasteiger partial charge is 0.376 e. The van der Waals surface area contributed by atoms with E-state index in [-0.39, 0.29) is 24.6 Å².